The van der Waals surface area contributed by atoms with Gasteiger partial charge in [0.25, 0.3) is 5.91 Å². The van der Waals surface area contributed by atoms with Crippen LogP contribution < -0.4 is 15.0 Å². The number of hydrogen-bond acceptors (Lipinski definition) is 8. The van der Waals surface area contributed by atoms with Crippen LogP contribution in [0.3, 0.4) is 0 Å². The topological polar surface area (TPSA) is 135 Å². The van der Waals surface area contributed by atoms with Gasteiger partial charge in [-0.1, -0.05) is 85.0 Å². The molecule has 11 nitrogen and oxygen atoms in total. The lowest BCUT2D eigenvalue weighted by Crippen LogP contribution is -2.58. The quantitative estimate of drug-likeness (QED) is 0.279. The summed E-state index contributed by atoms with van der Waals surface area (Å²) in [5, 5.41) is 13.9. The van der Waals surface area contributed by atoms with Crippen molar-refractivity contribution >= 4 is 29.4 Å². The van der Waals surface area contributed by atoms with Gasteiger partial charge in [0.1, 0.15) is 29.4 Å². The van der Waals surface area contributed by atoms with Gasteiger partial charge >= 0.3 is 5.97 Å². The molecule has 1 spiro atoms. The summed E-state index contributed by atoms with van der Waals surface area (Å²) in [6.45, 7) is 1.54. The summed E-state index contributed by atoms with van der Waals surface area (Å²) in [5.41, 5.74) is 0.576. The van der Waals surface area contributed by atoms with E-state index in [1.54, 1.807) is 67.5 Å². The van der Waals surface area contributed by atoms with Crippen molar-refractivity contribution in [3.05, 3.63) is 120 Å². The number of ether oxygens (including phenoxy) is 3. The number of hydrogen-bond donors (Lipinski definition) is 2. The highest BCUT2D eigenvalue weighted by Gasteiger charge is 2.72. The maximum atomic E-state index is 15.1. The fraction of sp³-hybridized carbons (Fsp3) is 0.366. The Morgan fingerprint density at radius 2 is 1.65 bits per heavy atom. The number of carbonyl (C=O) groups excluding carboxylic acids is 4. The summed E-state index contributed by atoms with van der Waals surface area (Å²) >= 11 is 0. The number of benzene rings is 3. The number of allylic oxidation sites excluding steroid dienone is 1. The number of amides is 3. The first-order valence-corrected chi connectivity index (χ1v) is 17.7. The summed E-state index contributed by atoms with van der Waals surface area (Å²) in [5.74, 6) is -3.41. The molecule has 3 aromatic carbocycles. The van der Waals surface area contributed by atoms with Crippen LogP contribution in [-0.4, -0.2) is 83.8 Å². The lowest BCUT2D eigenvalue weighted by molar-refractivity contribution is -0.161. The van der Waals surface area contributed by atoms with Gasteiger partial charge < -0.3 is 34.4 Å². The van der Waals surface area contributed by atoms with Crippen LogP contribution in [0.25, 0.3) is 0 Å². The third kappa shape index (κ3) is 6.39. The molecule has 0 bridgehead atoms. The van der Waals surface area contributed by atoms with Crippen LogP contribution >= 0.6 is 0 Å². The molecule has 4 heterocycles. The predicted octanol–water partition coefficient (Wildman–Crippen LogP) is 3.92. The highest BCUT2D eigenvalue weighted by Crippen LogP contribution is 2.54. The van der Waals surface area contributed by atoms with E-state index < -0.39 is 72.2 Å². The van der Waals surface area contributed by atoms with Gasteiger partial charge in [-0.05, 0) is 55.2 Å². The van der Waals surface area contributed by atoms with E-state index in [1.165, 1.54) is 4.90 Å². The molecular formula is C41H43N3O8. The largest absolute Gasteiger partial charge is 0.497 e. The molecule has 270 valence electrons. The van der Waals surface area contributed by atoms with E-state index in [2.05, 4.69) is 5.32 Å². The summed E-state index contributed by atoms with van der Waals surface area (Å²) in [6, 6.07) is 23.1. The molecule has 4 aliphatic rings. The van der Waals surface area contributed by atoms with Gasteiger partial charge in [-0.2, -0.15) is 0 Å². The molecule has 11 heteroatoms. The number of rotatable bonds is 7. The Morgan fingerprint density at radius 1 is 0.942 bits per heavy atom. The summed E-state index contributed by atoms with van der Waals surface area (Å²) in [4.78, 5) is 60.6. The van der Waals surface area contributed by atoms with Crippen molar-refractivity contribution in [2.75, 3.05) is 25.2 Å². The van der Waals surface area contributed by atoms with Crippen molar-refractivity contribution in [2.45, 2.75) is 62.1 Å². The Labute approximate surface area is 302 Å². The first-order valence-electron chi connectivity index (χ1n) is 17.7. The standard InChI is InChI=1S/C41H43N3O8/c1-26-36(28-14-7-4-8-15-28)51-40(49)34-32(16-9-10-17-33(46)42-26)52-41-22-11-23-43(29-18-20-31(50-2)21-19-29)39(48)37(41)44(38(47)35(34)41)30(25-45)24-27-12-5-3-6-13-27/h3-9,11-16,18-22,26,30,32,34-37,45H,10,17,23-25H2,1-2H3,(H,42,46)/b16-9-/t26-,30+,32-,34+,35+,36+,37-,41+/m0/s1. The van der Waals surface area contributed by atoms with Crippen molar-refractivity contribution < 1.29 is 38.5 Å². The van der Waals surface area contributed by atoms with E-state index in [9.17, 15) is 14.7 Å². The molecular weight excluding hydrogens is 662 g/mol. The zero-order valence-corrected chi connectivity index (χ0v) is 29.2. The monoisotopic (exact) mass is 705 g/mol. The predicted molar refractivity (Wildman–Crippen MR) is 192 cm³/mol. The van der Waals surface area contributed by atoms with Gasteiger partial charge in [0.2, 0.25) is 11.8 Å². The second-order valence-corrected chi connectivity index (χ2v) is 13.8. The van der Waals surface area contributed by atoms with Crippen LogP contribution in [0.15, 0.2) is 109 Å². The first kappa shape index (κ1) is 35.2. The molecule has 0 aromatic heterocycles. The summed E-state index contributed by atoms with van der Waals surface area (Å²) in [7, 11) is 1.56. The zero-order chi connectivity index (χ0) is 36.4. The number of esters is 1. The van der Waals surface area contributed by atoms with Crippen LogP contribution in [0.1, 0.15) is 37.0 Å². The number of fused-ring (bicyclic) bond motifs is 2. The van der Waals surface area contributed by atoms with Crippen molar-refractivity contribution in [3.8, 4) is 5.75 Å². The number of nitrogens with zero attached hydrogens (tertiary/aromatic N) is 2. The fourth-order valence-electron chi connectivity index (χ4n) is 8.17. The van der Waals surface area contributed by atoms with Gasteiger partial charge in [-0.25, -0.2) is 0 Å². The molecule has 0 aliphatic carbocycles. The van der Waals surface area contributed by atoms with Gasteiger partial charge in [0.15, 0.2) is 0 Å². The number of likely N-dealkylation sites (tertiary alicyclic amines) is 1. The van der Waals surface area contributed by atoms with Crippen molar-refractivity contribution in [1.29, 1.82) is 0 Å². The molecule has 3 amide bonds. The molecule has 7 rings (SSSR count). The number of carbonyl (C=O) groups is 4. The second kappa shape index (κ2) is 14.8. The Morgan fingerprint density at radius 3 is 2.35 bits per heavy atom. The number of anilines is 1. The lowest BCUT2D eigenvalue weighted by Gasteiger charge is -2.38. The van der Waals surface area contributed by atoms with E-state index in [0.29, 0.717) is 23.4 Å². The molecule has 0 unspecified atom stereocenters. The van der Waals surface area contributed by atoms with Crippen molar-refractivity contribution in [1.82, 2.24) is 10.2 Å². The summed E-state index contributed by atoms with van der Waals surface area (Å²) in [6.07, 6.45) is 6.09. The molecule has 2 N–H and O–H groups in total. The molecule has 0 radical (unpaired) electrons. The van der Waals surface area contributed by atoms with E-state index >= 15 is 9.59 Å². The number of aliphatic hydroxyl groups is 1. The minimum Gasteiger partial charge on any atom is -0.497 e. The van der Waals surface area contributed by atoms with Crippen molar-refractivity contribution in [2.24, 2.45) is 11.8 Å². The van der Waals surface area contributed by atoms with Gasteiger partial charge in [-0.3, -0.25) is 19.2 Å². The number of methoxy groups -OCH3 is 1. The maximum Gasteiger partial charge on any atom is 0.313 e. The van der Waals surface area contributed by atoms with Crippen LogP contribution in [0.4, 0.5) is 5.69 Å². The third-order valence-corrected chi connectivity index (χ3v) is 10.6. The van der Waals surface area contributed by atoms with Crippen LogP contribution in [0, 0.1) is 11.8 Å². The minimum atomic E-state index is -1.57. The van der Waals surface area contributed by atoms with Gasteiger partial charge in [-0.15, -0.1) is 0 Å². The molecule has 52 heavy (non-hydrogen) atoms. The normalized spacial score (nSPS) is 30.1. The highest BCUT2D eigenvalue weighted by molar-refractivity contribution is 6.05. The number of cyclic esters (lactones) is 1. The fourth-order valence-corrected chi connectivity index (χ4v) is 8.17. The first-order chi connectivity index (χ1) is 25.3. The molecule has 3 aromatic rings. The Kier molecular flexibility index (Phi) is 9.98. The van der Waals surface area contributed by atoms with E-state index in [-0.39, 0.29) is 25.3 Å². The highest BCUT2D eigenvalue weighted by atomic mass is 16.6. The Bertz CT molecular complexity index is 1850. The van der Waals surface area contributed by atoms with Gasteiger partial charge in [0.05, 0.1) is 37.8 Å². The Balaban J connectivity index is 1.34. The zero-order valence-electron chi connectivity index (χ0n) is 29.2. The lowest BCUT2D eigenvalue weighted by atomic mass is 9.77. The van der Waals surface area contributed by atoms with Crippen LogP contribution in [0.2, 0.25) is 0 Å². The Hall–Kier alpha value is -5.26. The van der Waals surface area contributed by atoms with E-state index in [1.807, 2.05) is 60.7 Å². The molecule has 4 aliphatic heterocycles. The molecule has 2 saturated heterocycles. The smallest absolute Gasteiger partial charge is 0.313 e. The number of nitrogens with one attached hydrogen (secondary N) is 1. The van der Waals surface area contributed by atoms with Crippen LogP contribution in [0.5, 0.6) is 5.75 Å². The summed E-state index contributed by atoms with van der Waals surface area (Å²) < 4.78 is 18.5. The number of aliphatic hydroxyl groups excluding tert-OH is 1. The molecule has 0 saturated carbocycles. The van der Waals surface area contributed by atoms with E-state index in [4.69, 9.17) is 14.2 Å². The molecule has 8 atom stereocenters. The maximum absolute atomic E-state index is 15.1. The minimum absolute atomic E-state index is 0.182. The third-order valence-electron chi connectivity index (χ3n) is 10.6. The average molecular weight is 706 g/mol. The van der Waals surface area contributed by atoms with Crippen molar-refractivity contribution in [3.63, 3.8) is 0 Å². The average Bonchev–Trinajstić information content (AvgIpc) is 3.55. The van der Waals surface area contributed by atoms with Gasteiger partial charge in [0, 0.05) is 18.7 Å². The second-order valence-electron chi connectivity index (χ2n) is 13.8. The van der Waals surface area contributed by atoms with Crippen LogP contribution in [-0.2, 0) is 35.1 Å². The van der Waals surface area contributed by atoms with E-state index in [0.717, 1.165) is 5.56 Å². The SMILES string of the molecule is COc1ccc(N2CC=C[C@@]34O[C@H]5/C=C\CCC(=O)N[C@@H](C)[C@H](c6ccccc6)OC(=O)[C@H]5[C@@H]3C(=O)N([C@@H](CO)Cc3ccccc3)[C@H]4C2=O)cc1. The molecule has 2 fully saturated rings.